The Balaban J connectivity index is 1.95. The third-order valence-electron chi connectivity index (χ3n) is 2.84. The van der Waals surface area contributed by atoms with Crippen molar-refractivity contribution in [3.63, 3.8) is 0 Å². The van der Waals surface area contributed by atoms with Crippen LogP contribution in [0.3, 0.4) is 0 Å². The summed E-state index contributed by atoms with van der Waals surface area (Å²) in [4.78, 5) is 23.7. The molecule has 0 aliphatic rings. The molecule has 3 aromatic heterocycles. The maximum absolute atomic E-state index is 11.1. The molecule has 0 saturated carbocycles. The molecule has 106 valence electrons. The number of methoxy groups -OCH3 is 1. The molecule has 3 rings (SSSR count). The predicted octanol–water partition coefficient (Wildman–Crippen LogP) is 2.73. The van der Waals surface area contributed by atoms with E-state index in [2.05, 4.69) is 40.9 Å². The van der Waals surface area contributed by atoms with Gasteiger partial charge in [0.05, 0.1) is 25.2 Å². The molecule has 0 aliphatic heterocycles. The summed E-state index contributed by atoms with van der Waals surface area (Å²) in [5, 5.41) is 2.50. The van der Waals surface area contributed by atoms with Crippen molar-refractivity contribution in [3.8, 4) is 11.3 Å². The summed E-state index contributed by atoms with van der Waals surface area (Å²) < 4.78 is 7.13. The van der Waals surface area contributed by atoms with Crippen molar-refractivity contribution in [1.82, 2.24) is 19.4 Å². The largest absolute Gasteiger partial charge is 0.453 e. The molecule has 0 aromatic carbocycles. The summed E-state index contributed by atoms with van der Waals surface area (Å²) in [7, 11) is 1.30. The van der Waals surface area contributed by atoms with Gasteiger partial charge in [0.15, 0.2) is 5.65 Å². The van der Waals surface area contributed by atoms with Gasteiger partial charge in [0.1, 0.15) is 10.4 Å². The number of fused-ring (bicyclic) bond motifs is 1. The quantitative estimate of drug-likeness (QED) is 0.770. The highest BCUT2D eigenvalue weighted by molar-refractivity contribution is 9.10. The van der Waals surface area contributed by atoms with Gasteiger partial charge in [-0.15, -0.1) is 0 Å². The fourth-order valence-electron chi connectivity index (χ4n) is 1.85. The zero-order valence-electron chi connectivity index (χ0n) is 10.9. The van der Waals surface area contributed by atoms with E-state index < -0.39 is 6.09 Å². The Morgan fingerprint density at radius 3 is 2.81 bits per heavy atom. The van der Waals surface area contributed by atoms with Crippen LogP contribution in [-0.4, -0.2) is 32.6 Å². The molecule has 7 nitrogen and oxygen atoms in total. The van der Waals surface area contributed by atoms with Gasteiger partial charge in [0, 0.05) is 18.0 Å². The molecule has 0 radical (unpaired) electrons. The number of nitrogens with zero attached hydrogens (tertiary/aromatic N) is 4. The van der Waals surface area contributed by atoms with Gasteiger partial charge in [-0.3, -0.25) is 9.72 Å². The van der Waals surface area contributed by atoms with Crippen LogP contribution in [0.4, 0.5) is 10.6 Å². The van der Waals surface area contributed by atoms with Crippen LogP contribution in [0.2, 0.25) is 0 Å². The monoisotopic (exact) mass is 347 g/mol. The molecule has 21 heavy (non-hydrogen) atoms. The summed E-state index contributed by atoms with van der Waals surface area (Å²) in [6.07, 6.45) is 6.35. The van der Waals surface area contributed by atoms with Crippen molar-refractivity contribution in [1.29, 1.82) is 0 Å². The maximum atomic E-state index is 11.1. The Morgan fingerprint density at radius 2 is 2.10 bits per heavy atom. The van der Waals surface area contributed by atoms with Crippen molar-refractivity contribution < 1.29 is 9.53 Å². The smallest absolute Gasteiger partial charge is 0.412 e. The van der Waals surface area contributed by atoms with Crippen LogP contribution in [0.15, 0.2) is 41.5 Å². The number of carbonyl (C=O) groups is 1. The van der Waals surface area contributed by atoms with E-state index in [9.17, 15) is 4.79 Å². The van der Waals surface area contributed by atoms with E-state index in [1.807, 2.05) is 16.7 Å². The van der Waals surface area contributed by atoms with Crippen molar-refractivity contribution in [2.24, 2.45) is 0 Å². The summed E-state index contributed by atoms with van der Waals surface area (Å²) in [6.45, 7) is 0. The average molecular weight is 348 g/mol. The highest BCUT2D eigenvalue weighted by Gasteiger charge is 2.08. The van der Waals surface area contributed by atoms with Gasteiger partial charge in [-0.25, -0.2) is 19.7 Å². The molecule has 0 atom stereocenters. The second kappa shape index (κ2) is 5.49. The third kappa shape index (κ3) is 2.70. The number of anilines is 1. The fraction of sp³-hybridized carbons (Fsp3) is 0.0769. The number of nitrogens with one attached hydrogen (secondary N) is 1. The molecule has 0 bridgehead atoms. The number of halogens is 1. The van der Waals surface area contributed by atoms with E-state index in [1.165, 1.54) is 7.11 Å². The number of aromatic nitrogens is 4. The van der Waals surface area contributed by atoms with Gasteiger partial charge in [-0.1, -0.05) is 0 Å². The Labute approximate surface area is 128 Å². The Morgan fingerprint density at radius 1 is 1.24 bits per heavy atom. The van der Waals surface area contributed by atoms with Gasteiger partial charge >= 0.3 is 6.09 Å². The standard InChI is InChI=1S/C13H10BrN5O2/c1-21-13(20)18-11-3-2-8(4-16-11)9-5-17-12-6-15-10(14)7-19(9)12/h2-7H,1H3,(H,16,18,20). The number of ether oxygens (including phenoxy) is 1. The number of hydrogen-bond donors (Lipinski definition) is 1. The summed E-state index contributed by atoms with van der Waals surface area (Å²) >= 11 is 3.33. The zero-order valence-corrected chi connectivity index (χ0v) is 12.5. The van der Waals surface area contributed by atoms with Crippen molar-refractivity contribution >= 4 is 33.5 Å². The first-order chi connectivity index (χ1) is 10.2. The first kappa shape index (κ1) is 13.5. The second-order valence-electron chi connectivity index (χ2n) is 4.13. The van der Waals surface area contributed by atoms with Gasteiger partial charge in [0.2, 0.25) is 0 Å². The number of rotatable bonds is 2. The normalized spacial score (nSPS) is 10.6. The molecule has 1 N–H and O–H groups in total. The van der Waals surface area contributed by atoms with Gasteiger partial charge in [0.25, 0.3) is 0 Å². The molecular formula is C13H10BrN5O2. The molecular weight excluding hydrogens is 338 g/mol. The maximum Gasteiger partial charge on any atom is 0.412 e. The lowest BCUT2D eigenvalue weighted by Gasteiger charge is -2.05. The molecule has 3 aromatic rings. The second-order valence-corrected chi connectivity index (χ2v) is 4.94. The number of imidazole rings is 1. The minimum Gasteiger partial charge on any atom is -0.453 e. The van der Waals surface area contributed by atoms with Gasteiger partial charge in [-0.05, 0) is 28.1 Å². The van der Waals surface area contributed by atoms with Crippen LogP contribution in [0, 0.1) is 0 Å². The topological polar surface area (TPSA) is 81.4 Å². The predicted molar refractivity (Wildman–Crippen MR) is 79.9 cm³/mol. The van der Waals surface area contributed by atoms with Gasteiger partial charge in [-0.2, -0.15) is 0 Å². The van der Waals surface area contributed by atoms with Crippen LogP contribution in [0.1, 0.15) is 0 Å². The number of pyridine rings is 1. The Kier molecular flexibility index (Phi) is 3.53. The SMILES string of the molecule is COC(=O)Nc1ccc(-c2cnc3cnc(Br)cn23)cn1. The van der Waals surface area contributed by atoms with Crippen molar-refractivity contribution in [2.45, 2.75) is 0 Å². The molecule has 1 amide bonds. The zero-order chi connectivity index (χ0) is 14.8. The molecule has 3 heterocycles. The van der Waals surface area contributed by atoms with Crippen LogP contribution < -0.4 is 5.32 Å². The van der Waals surface area contributed by atoms with Crippen LogP contribution >= 0.6 is 15.9 Å². The van der Waals surface area contributed by atoms with Gasteiger partial charge < -0.3 is 4.74 Å². The highest BCUT2D eigenvalue weighted by atomic mass is 79.9. The fourth-order valence-corrected chi connectivity index (χ4v) is 2.16. The summed E-state index contributed by atoms with van der Waals surface area (Å²) in [6, 6.07) is 3.54. The van der Waals surface area contributed by atoms with E-state index in [4.69, 9.17) is 0 Å². The lowest BCUT2D eigenvalue weighted by atomic mass is 10.2. The third-order valence-corrected chi connectivity index (χ3v) is 3.25. The number of amides is 1. The highest BCUT2D eigenvalue weighted by Crippen LogP contribution is 2.22. The van der Waals surface area contributed by atoms with Crippen LogP contribution in [-0.2, 0) is 4.74 Å². The average Bonchev–Trinajstić information content (AvgIpc) is 2.91. The lowest BCUT2D eigenvalue weighted by Crippen LogP contribution is -2.11. The number of carbonyl (C=O) groups excluding carboxylic acids is 1. The number of hydrogen-bond acceptors (Lipinski definition) is 5. The van der Waals surface area contributed by atoms with E-state index in [1.54, 1.807) is 24.7 Å². The Hall–Kier alpha value is -2.48. The summed E-state index contributed by atoms with van der Waals surface area (Å²) in [5.41, 5.74) is 2.49. The van der Waals surface area contributed by atoms with E-state index in [0.717, 1.165) is 16.9 Å². The Bertz CT molecular complexity index is 800. The first-order valence-electron chi connectivity index (χ1n) is 5.97. The minimum absolute atomic E-state index is 0.419. The van der Waals surface area contributed by atoms with Crippen molar-refractivity contribution in [2.75, 3.05) is 12.4 Å². The molecule has 8 heteroatoms. The minimum atomic E-state index is -0.556. The molecule has 0 aliphatic carbocycles. The molecule has 0 saturated heterocycles. The molecule has 0 unspecified atom stereocenters. The molecule has 0 spiro atoms. The van der Waals surface area contributed by atoms with Crippen LogP contribution in [0.5, 0.6) is 0 Å². The van der Waals surface area contributed by atoms with Crippen LogP contribution in [0.25, 0.3) is 16.9 Å². The first-order valence-corrected chi connectivity index (χ1v) is 6.76. The van der Waals surface area contributed by atoms with Crippen molar-refractivity contribution in [3.05, 3.63) is 41.5 Å². The van der Waals surface area contributed by atoms with E-state index >= 15 is 0 Å². The van der Waals surface area contributed by atoms with E-state index in [-0.39, 0.29) is 0 Å². The molecule has 0 fully saturated rings. The lowest BCUT2D eigenvalue weighted by molar-refractivity contribution is 0.187. The summed E-state index contributed by atoms with van der Waals surface area (Å²) in [5.74, 6) is 0.419. The van der Waals surface area contributed by atoms with E-state index in [0.29, 0.717) is 10.4 Å².